The van der Waals surface area contributed by atoms with Crippen LogP contribution in [0.25, 0.3) is 5.57 Å². The summed E-state index contributed by atoms with van der Waals surface area (Å²) in [5.74, 6) is 0.621. The fourth-order valence-electron chi connectivity index (χ4n) is 3.09. The topological polar surface area (TPSA) is 53.9 Å². The molecule has 5 nitrogen and oxygen atoms in total. The third-order valence-electron chi connectivity index (χ3n) is 4.71. The highest BCUT2D eigenvalue weighted by molar-refractivity contribution is 9.10. The molecule has 2 aromatic carbocycles. The number of carbonyl (C=O) groups excluding carboxylic acids is 1. The van der Waals surface area contributed by atoms with Gasteiger partial charge in [0.15, 0.2) is 0 Å². The molecule has 2 heterocycles. The number of hydrogen-bond donors (Lipinski definition) is 1. The third kappa shape index (κ3) is 5.18. The average Bonchev–Trinajstić information content (AvgIpc) is 3.38. The van der Waals surface area contributed by atoms with Crippen LogP contribution in [0.15, 0.2) is 81.4 Å². The zero-order chi connectivity index (χ0) is 21.8. The van der Waals surface area contributed by atoms with Gasteiger partial charge in [-0.3, -0.25) is 10.2 Å². The number of hydrazone groups is 1. The van der Waals surface area contributed by atoms with Gasteiger partial charge >= 0.3 is 0 Å². The van der Waals surface area contributed by atoms with E-state index in [0.717, 1.165) is 20.6 Å². The van der Waals surface area contributed by atoms with E-state index < -0.39 is 0 Å². The van der Waals surface area contributed by atoms with Crippen molar-refractivity contribution in [3.05, 3.63) is 91.7 Å². The predicted molar refractivity (Wildman–Crippen MR) is 131 cm³/mol. The minimum atomic E-state index is -0.0320. The van der Waals surface area contributed by atoms with E-state index in [4.69, 9.17) is 16.3 Å². The second-order valence-electron chi connectivity index (χ2n) is 6.91. The van der Waals surface area contributed by atoms with E-state index in [-0.39, 0.29) is 12.5 Å². The molecule has 1 aromatic heterocycles. The van der Waals surface area contributed by atoms with Crippen LogP contribution in [0.1, 0.15) is 10.4 Å². The lowest BCUT2D eigenvalue weighted by atomic mass is 10.1. The molecule has 31 heavy (non-hydrogen) atoms. The molecule has 1 amide bonds. The van der Waals surface area contributed by atoms with Crippen molar-refractivity contribution in [3.63, 3.8) is 0 Å². The van der Waals surface area contributed by atoms with Crippen molar-refractivity contribution in [2.75, 3.05) is 25.6 Å². The Morgan fingerprint density at radius 1 is 1.19 bits per heavy atom. The molecule has 0 bridgehead atoms. The lowest BCUT2D eigenvalue weighted by Crippen LogP contribution is -2.21. The molecule has 158 valence electrons. The van der Waals surface area contributed by atoms with Gasteiger partial charge in [0.2, 0.25) is 0 Å². The minimum absolute atomic E-state index is 0.0320. The molecule has 0 spiro atoms. The molecule has 8 heteroatoms. The maximum absolute atomic E-state index is 12.6. The number of ether oxygens (including phenoxy) is 1. The molecular formula is C23H19BrClN3O2S. The summed E-state index contributed by atoms with van der Waals surface area (Å²) in [5.41, 5.74) is 6.12. The van der Waals surface area contributed by atoms with Gasteiger partial charge in [-0.2, -0.15) is 5.10 Å². The molecule has 0 saturated carbocycles. The number of halogens is 2. The van der Waals surface area contributed by atoms with Crippen molar-refractivity contribution in [3.8, 4) is 0 Å². The summed E-state index contributed by atoms with van der Waals surface area (Å²) in [7, 11) is 1.77. The molecule has 1 aliphatic rings. The highest BCUT2D eigenvalue weighted by atomic mass is 79.9. The zero-order valence-corrected chi connectivity index (χ0v) is 19.8. The van der Waals surface area contributed by atoms with E-state index in [0.29, 0.717) is 28.6 Å². The van der Waals surface area contributed by atoms with Gasteiger partial charge in [-0.25, -0.2) is 0 Å². The van der Waals surface area contributed by atoms with Gasteiger partial charge in [0.25, 0.3) is 5.91 Å². The Morgan fingerprint density at radius 3 is 2.61 bits per heavy atom. The van der Waals surface area contributed by atoms with Gasteiger partial charge in [0, 0.05) is 27.0 Å². The summed E-state index contributed by atoms with van der Waals surface area (Å²) in [6.45, 7) is 0.636. The van der Waals surface area contributed by atoms with Gasteiger partial charge in [-0.1, -0.05) is 45.7 Å². The van der Waals surface area contributed by atoms with E-state index in [1.165, 1.54) is 11.3 Å². The Balaban J connectivity index is 1.59. The van der Waals surface area contributed by atoms with Gasteiger partial charge in [0.1, 0.15) is 18.1 Å². The van der Waals surface area contributed by atoms with Crippen molar-refractivity contribution >= 4 is 61.7 Å². The van der Waals surface area contributed by atoms with Crippen LogP contribution in [0.5, 0.6) is 0 Å². The maximum Gasteiger partial charge on any atom is 0.258 e. The first-order chi connectivity index (χ1) is 15.0. The lowest BCUT2D eigenvalue weighted by molar-refractivity contribution is -0.122. The smallest absolute Gasteiger partial charge is 0.258 e. The zero-order valence-electron chi connectivity index (χ0n) is 16.6. The van der Waals surface area contributed by atoms with Crippen LogP contribution >= 0.6 is 38.9 Å². The molecule has 0 saturated heterocycles. The highest BCUT2D eigenvalue weighted by Crippen LogP contribution is 2.31. The normalized spacial score (nSPS) is 14.4. The summed E-state index contributed by atoms with van der Waals surface area (Å²) in [6, 6.07) is 19.0. The number of likely N-dealkylation sites (N-methyl/N-ethyl adjacent to an activating group) is 1. The Kier molecular flexibility index (Phi) is 6.75. The third-order valence-corrected chi connectivity index (χ3v) is 6.38. The number of benzene rings is 2. The molecule has 0 fully saturated rings. The number of nitrogens with zero attached hydrogens (tertiary/aromatic N) is 2. The van der Waals surface area contributed by atoms with E-state index in [1.54, 1.807) is 11.9 Å². The maximum atomic E-state index is 12.6. The number of nitrogens with one attached hydrogen (secondary N) is 1. The van der Waals surface area contributed by atoms with Crippen LogP contribution in [0.4, 0.5) is 5.69 Å². The number of thiophene rings is 1. The Bertz CT molecular complexity index is 1130. The van der Waals surface area contributed by atoms with Crippen molar-refractivity contribution in [1.82, 2.24) is 4.90 Å². The Labute approximate surface area is 198 Å². The van der Waals surface area contributed by atoms with Crippen molar-refractivity contribution in [1.29, 1.82) is 0 Å². The average molecular weight is 517 g/mol. The minimum Gasteiger partial charge on any atom is -0.489 e. The molecule has 0 aliphatic carbocycles. The Morgan fingerprint density at radius 2 is 1.94 bits per heavy atom. The molecule has 4 rings (SSSR count). The summed E-state index contributed by atoms with van der Waals surface area (Å²) in [4.78, 5) is 15.2. The first kappa shape index (κ1) is 21.6. The fourth-order valence-corrected chi connectivity index (χ4v) is 4.26. The van der Waals surface area contributed by atoms with Crippen LogP contribution in [0.3, 0.4) is 0 Å². The summed E-state index contributed by atoms with van der Waals surface area (Å²) in [6.07, 6.45) is 0. The second kappa shape index (κ2) is 9.68. The van der Waals surface area contributed by atoms with Crippen molar-refractivity contribution in [2.24, 2.45) is 5.10 Å². The predicted octanol–water partition coefficient (Wildman–Crippen LogP) is 5.88. The molecule has 3 aromatic rings. The number of anilines is 1. The van der Waals surface area contributed by atoms with Gasteiger partial charge in [0.05, 0.1) is 17.8 Å². The van der Waals surface area contributed by atoms with Gasteiger partial charge < -0.3 is 9.64 Å². The molecular weight excluding hydrogens is 498 g/mol. The standard InChI is InChI=1S/C23H19BrClN3O2S/c1-28-13-20(22(23(28)29)21-3-2-12-31-21)30-14-19(15-4-8-17(25)9-5-15)27-26-18-10-6-16(24)7-11-18/h2-12,26H,13-14H2,1H3. The van der Waals surface area contributed by atoms with Crippen LogP contribution in [-0.2, 0) is 9.53 Å². The number of carbonyl (C=O) groups is 1. The van der Waals surface area contributed by atoms with Crippen LogP contribution in [-0.4, -0.2) is 36.7 Å². The van der Waals surface area contributed by atoms with Gasteiger partial charge in [-0.15, -0.1) is 11.3 Å². The molecule has 0 unspecified atom stereocenters. The first-order valence-corrected chi connectivity index (χ1v) is 11.6. The SMILES string of the molecule is CN1CC(OCC(=NNc2ccc(Br)cc2)c2ccc(Cl)cc2)=C(c2cccs2)C1=O. The summed E-state index contributed by atoms with van der Waals surface area (Å²) < 4.78 is 7.14. The Hall–Kier alpha value is -2.61. The molecule has 0 radical (unpaired) electrons. The van der Waals surface area contributed by atoms with Crippen LogP contribution in [0.2, 0.25) is 5.02 Å². The quantitative estimate of drug-likeness (QED) is 0.315. The number of hydrogen-bond acceptors (Lipinski definition) is 5. The summed E-state index contributed by atoms with van der Waals surface area (Å²) in [5, 5.41) is 7.18. The molecule has 0 atom stereocenters. The largest absolute Gasteiger partial charge is 0.489 e. The number of rotatable bonds is 7. The first-order valence-electron chi connectivity index (χ1n) is 9.50. The van der Waals surface area contributed by atoms with E-state index in [1.807, 2.05) is 66.0 Å². The summed E-state index contributed by atoms with van der Waals surface area (Å²) >= 11 is 11.0. The monoisotopic (exact) mass is 515 g/mol. The van der Waals surface area contributed by atoms with E-state index in [9.17, 15) is 4.79 Å². The second-order valence-corrected chi connectivity index (χ2v) is 9.21. The van der Waals surface area contributed by atoms with Crippen molar-refractivity contribution < 1.29 is 9.53 Å². The number of amides is 1. The molecule has 1 N–H and O–H groups in total. The lowest BCUT2D eigenvalue weighted by Gasteiger charge is -2.12. The van der Waals surface area contributed by atoms with Crippen LogP contribution in [0, 0.1) is 0 Å². The van der Waals surface area contributed by atoms with E-state index >= 15 is 0 Å². The van der Waals surface area contributed by atoms with Gasteiger partial charge in [-0.05, 0) is 47.8 Å². The van der Waals surface area contributed by atoms with E-state index in [2.05, 4.69) is 26.5 Å². The highest BCUT2D eigenvalue weighted by Gasteiger charge is 2.31. The fraction of sp³-hybridized carbons (Fsp3) is 0.130. The molecule has 1 aliphatic heterocycles. The van der Waals surface area contributed by atoms with Crippen molar-refractivity contribution in [2.45, 2.75) is 0 Å². The van der Waals surface area contributed by atoms with Crippen LogP contribution < -0.4 is 5.43 Å².